The van der Waals surface area contributed by atoms with Crippen LogP contribution >= 0.6 is 11.3 Å². The van der Waals surface area contributed by atoms with E-state index in [2.05, 4.69) is 0 Å². The first kappa shape index (κ1) is 20.5. The van der Waals surface area contributed by atoms with Crippen LogP contribution in [0.1, 0.15) is 51.4 Å². The van der Waals surface area contributed by atoms with E-state index in [1.807, 2.05) is 37.3 Å². The molecule has 1 amide bonds. The molecule has 1 aliphatic heterocycles. The van der Waals surface area contributed by atoms with E-state index in [-0.39, 0.29) is 24.5 Å². The molecule has 2 aliphatic rings. The highest BCUT2D eigenvalue weighted by Gasteiger charge is 2.45. The highest BCUT2D eigenvalue weighted by Crippen LogP contribution is 2.44. The number of aryl methyl sites for hydroxylation is 1. The predicted octanol–water partition coefficient (Wildman–Crippen LogP) is 5.22. The third-order valence-electron chi connectivity index (χ3n) is 5.72. The Bertz CT molecular complexity index is 1170. The Labute approximate surface area is 189 Å². The van der Waals surface area contributed by atoms with Gasteiger partial charge in [-0.15, -0.1) is 11.3 Å². The Morgan fingerprint density at radius 2 is 2.06 bits per heavy atom. The SMILES string of the molecule is Cc1ccc(C(=O)OCC(=O)N2N=C3C(=Cc4ccco4)CCCC3C2c2ccco2)s1. The van der Waals surface area contributed by atoms with Crippen molar-refractivity contribution < 1.29 is 23.2 Å². The van der Waals surface area contributed by atoms with Crippen molar-refractivity contribution in [2.75, 3.05) is 6.61 Å². The summed E-state index contributed by atoms with van der Waals surface area (Å²) in [7, 11) is 0. The summed E-state index contributed by atoms with van der Waals surface area (Å²) in [5.41, 5.74) is 1.91. The first-order valence-corrected chi connectivity index (χ1v) is 11.3. The van der Waals surface area contributed by atoms with Crippen LogP contribution in [0.5, 0.6) is 0 Å². The number of hydrogen-bond donors (Lipinski definition) is 0. The second-order valence-electron chi connectivity index (χ2n) is 7.85. The maximum Gasteiger partial charge on any atom is 0.348 e. The lowest BCUT2D eigenvalue weighted by atomic mass is 9.79. The number of fused-ring (bicyclic) bond motifs is 1. The smallest absolute Gasteiger partial charge is 0.348 e. The molecule has 5 rings (SSSR count). The van der Waals surface area contributed by atoms with Gasteiger partial charge in [0.1, 0.15) is 22.4 Å². The Kier molecular flexibility index (Phi) is 5.53. The van der Waals surface area contributed by atoms with Gasteiger partial charge in [-0.25, -0.2) is 9.80 Å². The fourth-order valence-electron chi connectivity index (χ4n) is 4.30. The van der Waals surface area contributed by atoms with E-state index >= 15 is 0 Å². The number of allylic oxidation sites excluding steroid dienone is 1. The Morgan fingerprint density at radius 3 is 2.78 bits per heavy atom. The van der Waals surface area contributed by atoms with E-state index in [1.165, 1.54) is 16.3 Å². The number of hydrogen-bond acceptors (Lipinski definition) is 7. The minimum atomic E-state index is -0.506. The summed E-state index contributed by atoms with van der Waals surface area (Å²) >= 11 is 1.34. The summed E-state index contributed by atoms with van der Waals surface area (Å²) in [6, 6.07) is 10.6. The molecule has 8 heteroatoms. The van der Waals surface area contributed by atoms with Gasteiger partial charge in [-0.2, -0.15) is 5.10 Å². The minimum Gasteiger partial charge on any atom is -0.467 e. The van der Waals surface area contributed by atoms with Crippen molar-refractivity contribution in [2.45, 2.75) is 32.2 Å². The Hall–Kier alpha value is -3.39. The molecule has 0 radical (unpaired) electrons. The normalized spacial score (nSPS) is 21.5. The van der Waals surface area contributed by atoms with Gasteiger partial charge in [0, 0.05) is 10.8 Å². The fraction of sp³-hybridized carbons (Fsp3) is 0.292. The van der Waals surface area contributed by atoms with Crippen molar-refractivity contribution in [3.05, 3.63) is 75.8 Å². The van der Waals surface area contributed by atoms with Crippen LogP contribution in [0.3, 0.4) is 0 Å². The molecule has 3 aromatic rings. The van der Waals surface area contributed by atoms with Crippen LogP contribution in [-0.4, -0.2) is 29.2 Å². The summed E-state index contributed by atoms with van der Waals surface area (Å²) in [4.78, 5) is 26.9. The van der Waals surface area contributed by atoms with Gasteiger partial charge in [0.05, 0.1) is 18.2 Å². The van der Waals surface area contributed by atoms with Crippen molar-refractivity contribution >= 4 is 35.0 Å². The topological polar surface area (TPSA) is 85.3 Å². The number of ether oxygens (including phenoxy) is 1. The first-order valence-electron chi connectivity index (χ1n) is 10.5. The van der Waals surface area contributed by atoms with Crippen LogP contribution in [0.25, 0.3) is 6.08 Å². The minimum absolute atomic E-state index is 0.00992. The lowest BCUT2D eigenvalue weighted by Crippen LogP contribution is -2.34. The van der Waals surface area contributed by atoms with E-state index in [9.17, 15) is 9.59 Å². The summed E-state index contributed by atoms with van der Waals surface area (Å²) in [5, 5.41) is 6.13. The molecule has 0 N–H and O–H groups in total. The van der Waals surface area contributed by atoms with Crippen LogP contribution in [0, 0.1) is 12.8 Å². The number of carbonyl (C=O) groups is 2. The summed E-state index contributed by atoms with van der Waals surface area (Å²) < 4.78 is 16.5. The molecule has 7 nitrogen and oxygen atoms in total. The standard InChI is InChI=1S/C24H22N2O5S/c1-15-9-10-20(32-15)24(28)31-14-21(27)26-23(19-8-4-12-30-19)18-7-2-5-16(22(18)25-26)13-17-6-3-11-29-17/h3-4,6,8-13,18,23H,2,5,7,14H2,1H3. The molecule has 0 spiro atoms. The molecule has 2 unspecified atom stereocenters. The zero-order valence-corrected chi connectivity index (χ0v) is 18.3. The largest absolute Gasteiger partial charge is 0.467 e. The molecule has 0 saturated heterocycles. The lowest BCUT2D eigenvalue weighted by Gasteiger charge is -2.27. The molecule has 32 heavy (non-hydrogen) atoms. The maximum absolute atomic E-state index is 13.1. The highest BCUT2D eigenvalue weighted by molar-refractivity contribution is 7.13. The summed E-state index contributed by atoms with van der Waals surface area (Å²) in [5.74, 6) is 0.543. The van der Waals surface area contributed by atoms with Crippen LogP contribution in [0.2, 0.25) is 0 Å². The molecule has 164 valence electrons. The molecule has 0 bridgehead atoms. The number of nitrogens with zero attached hydrogens (tertiary/aromatic N) is 2. The zero-order valence-electron chi connectivity index (χ0n) is 17.5. The van der Waals surface area contributed by atoms with Gasteiger partial charge in [0.15, 0.2) is 6.61 Å². The van der Waals surface area contributed by atoms with Crippen LogP contribution < -0.4 is 0 Å². The fourth-order valence-corrected chi connectivity index (χ4v) is 5.06. The number of thiophene rings is 1. The Morgan fingerprint density at radius 1 is 1.22 bits per heavy atom. The number of hydrazone groups is 1. The quantitative estimate of drug-likeness (QED) is 0.498. The van der Waals surface area contributed by atoms with Gasteiger partial charge >= 0.3 is 5.97 Å². The third-order valence-corrected chi connectivity index (χ3v) is 6.70. The second-order valence-corrected chi connectivity index (χ2v) is 9.14. The van der Waals surface area contributed by atoms with Gasteiger partial charge in [-0.3, -0.25) is 4.79 Å². The molecular formula is C24H22N2O5S. The number of amides is 1. The molecule has 2 atom stereocenters. The first-order chi connectivity index (χ1) is 15.6. The molecular weight excluding hydrogens is 428 g/mol. The monoisotopic (exact) mass is 450 g/mol. The predicted molar refractivity (Wildman–Crippen MR) is 119 cm³/mol. The molecule has 1 aliphatic carbocycles. The molecule has 1 saturated carbocycles. The van der Waals surface area contributed by atoms with Crippen molar-refractivity contribution in [1.29, 1.82) is 0 Å². The van der Waals surface area contributed by atoms with Gasteiger partial charge in [0.25, 0.3) is 5.91 Å². The highest BCUT2D eigenvalue weighted by atomic mass is 32.1. The summed E-state index contributed by atoms with van der Waals surface area (Å²) in [6.45, 7) is 1.53. The average Bonchev–Trinajstić information content (AvgIpc) is 3.58. The number of rotatable bonds is 5. The van der Waals surface area contributed by atoms with Crippen LogP contribution in [0.4, 0.5) is 0 Å². The van der Waals surface area contributed by atoms with E-state index in [0.717, 1.165) is 41.2 Å². The summed E-state index contributed by atoms with van der Waals surface area (Å²) in [6.07, 6.45) is 7.93. The van der Waals surface area contributed by atoms with Crippen LogP contribution in [0.15, 0.2) is 68.4 Å². The molecule has 3 aromatic heterocycles. The van der Waals surface area contributed by atoms with E-state index in [0.29, 0.717) is 10.6 Å². The molecule has 1 fully saturated rings. The number of furan rings is 2. The van der Waals surface area contributed by atoms with Gasteiger partial charge in [-0.05, 0) is 74.2 Å². The van der Waals surface area contributed by atoms with Crippen molar-refractivity contribution in [3.8, 4) is 0 Å². The van der Waals surface area contributed by atoms with Gasteiger partial charge in [-0.1, -0.05) is 0 Å². The third kappa shape index (κ3) is 3.93. The molecule has 4 heterocycles. The lowest BCUT2D eigenvalue weighted by molar-refractivity contribution is -0.137. The number of carbonyl (C=O) groups excluding carboxylic acids is 2. The van der Waals surface area contributed by atoms with Crippen molar-refractivity contribution in [3.63, 3.8) is 0 Å². The second kappa shape index (κ2) is 8.63. The number of esters is 1. The van der Waals surface area contributed by atoms with Gasteiger partial charge < -0.3 is 13.6 Å². The van der Waals surface area contributed by atoms with Gasteiger partial charge in [0.2, 0.25) is 0 Å². The Balaban J connectivity index is 1.40. The zero-order chi connectivity index (χ0) is 22.1. The maximum atomic E-state index is 13.1. The van der Waals surface area contributed by atoms with Crippen molar-refractivity contribution in [2.24, 2.45) is 11.0 Å². The average molecular weight is 451 g/mol. The van der Waals surface area contributed by atoms with E-state index in [4.69, 9.17) is 18.7 Å². The van der Waals surface area contributed by atoms with E-state index in [1.54, 1.807) is 24.7 Å². The van der Waals surface area contributed by atoms with Crippen LogP contribution in [-0.2, 0) is 9.53 Å². The molecule has 0 aromatic carbocycles. The van der Waals surface area contributed by atoms with Crippen molar-refractivity contribution in [1.82, 2.24) is 5.01 Å². The van der Waals surface area contributed by atoms with E-state index < -0.39 is 5.97 Å².